The number of benzene rings is 2. The van der Waals surface area contributed by atoms with Gasteiger partial charge in [0.1, 0.15) is 23.9 Å². The van der Waals surface area contributed by atoms with Gasteiger partial charge in [0.15, 0.2) is 6.10 Å². The van der Waals surface area contributed by atoms with Crippen LogP contribution in [0.3, 0.4) is 0 Å². The normalized spacial score (nSPS) is 13.7. The fraction of sp³-hybridized carbons (Fsp3) is 0.200. The first kappa shape index (κ1) is 21.4. The lowest BCUT2D eigenvalue weighted by Crippen LogP contribution is -2.27. The number of carbonyl (C=O) groups is 1. The summed E-state index contributed by atoms with van der Waals surface area (Å²) in [6.45, 7) is 1.54. The molecule has 0 aliphatic carbocycles. The third-order valence-corrected chi connectivity index (χ3v) is 4.25. The molecule has 10 heteroatoms. The molecule has 3 aromatic rings. The van der Waals surface area contributed by atoms with Gasteiger partial charge in [-0.25, -0.2) is 13.8 Å². The molecular weight excluding hydrogens is 411 g/mol. The van der Waals surface area contributed by atoms with Crippen LogP contribution in [-0.4, -0.2) is 22.2 Å². The minimum absolute atomic E-state index is 0.137. The van der Waals surface area contributed by atoms with E-state index in [1.165, 1.54) is 12.5 Å². The minimum Gasteiger partial charge on any atom is -0.447 e. The van der Waals surface area contributed by atoms with Gasteiger partial charge in [-0.2, -0.15) is 13.2 Å². The summed E-state index contributed by atoms with van der Waals surface area (Å²) in [5.41, 5.74) is -1.31. The Labute approximate surface area is 167 Å². The van der Waals surface area contributed by atoms with Crippen LogP contribution in [-0.2, 0) is 0 Å². The number of halogens is 5. The van der Waals surface area contributed by atoms with Crippen LogP contribution in [0, 0.1) is 11.6 Å². The largest absolute Gasteiger partial charge is 0.447 e. The van der Waals surface area contributed by atoms with Crippen molar-refractivity contribution in [2.45, 2.75) is 25.2 Å². The van der Waals surface area contributed by atoms with Gasteiger partial charge in [-0.05, 0) is 48.4 Å². The van der Waals surface area contributed by atoms with E-state index in [0.717, 1.165) is 30.3 Å². The second-order valence-electron chi connectivity index (χ2n) is 6.48. The number of nitrogens with one attached hydrogen (secondary N) is 1. The maximum Gasteiger partial charge on any atom is 0.418 e. The Bertz CT molecular complexity index is 1050. The zero-order valence-electron chi connectivity index (χ0n) is 15.4. The molecule has 0 aliphatic rings. The zero-order chi connectivity index (χ0) is 22.1. The maximum atomic E-state index is 14.2. The summed E-state index contributed by atoms with van der Waals surface area (Å²) in [5, 5.41) is 12.1. The van der Waals surface area contributed by atoms with E-state index < -0.39 is 41.4 Å². The quantitative estimate of drug-likeness (QED) is 0.580. The predicted molar refractivity (Wildman–Crippen MR) is 95.2 cm³/mol. The first-order valence-electron chi connectivity index (χ1n) is 8.61. The number of aliphatic hydroxyl groups excluding tert-OH is 1. The molecule has 158 valence electrons. The Hall–Kier alpha value is -3.27. The lowest BCUT2D eigenvalue weighted by Gasteiger charge is -2.18. The van der Waals surface area contributed by atoms with Crippen LogP contribution in [0.4, 0.5) is 22.0 Å². The van der Waals surface area contributed by atoms with Gasteiger partial charge in [0.05, 0.1) is 6.20 Å². The summed E-state index contributed by atoms with van der Waals surface area (Å²) >= 11 is 0. The van der Waals surface area contributed by atoms with E-state index in [-0.39, 0.29) is 22.6 Å². The number of nitrogens with zero attached hydrogens (tertiary/aromatic N) is 1. The van der Waals surface area contributed by atoms with Crippen molar-refractivity contribution in [3.8, 4) is 11.1 Å². The van der Waals surface area contributed by atoms with Gasteiger partial charge in [0.2, 0.25) is 5.89 Å². The van der Waals surface area contributed by atoms with Gasteiger partial charge in [-0.15, -0.1) is 0 Å². The average molecular weight is 426 g/mol. The van der Waals surface area contributed by atoms with Gasteiger partial charge >= 0.3 is 6.18 Å². The van der Waals surface area contributed by atoms with E-state index >= 15 is 0 Å². The number of aromatic nitrogens is 1. The van der Waals surface area contributed by atoms with Crippen molar-refractivity contribution in [1.29, 1.82) is 0 Å². The minimum atomic E-state index is -5.01. The fourth-order valence-corrected chi connectivity index (χ4v) is 2.80. The maximum absolute atomic E-state index is 14.2. The lowest BCUT2D eigenvalue weighted by atomic mass is 9.96. The second-order valence-corrected chi connectivity index (χ2v) is 6.48. The van der Waals surface area contributed by atoms with E-state index in [0.29, 0.717) is 6.07 Å². The summed E-state index contributed by atoms with van der Waals surface area (Å²) in [6.07, 6.45) is -5.28. The lowest BCUT2D eigenvalue weighted by molar-refractivity contribution is -0.206. The number of amides is 1. The summed E-state index contributed by atoms with van der Waals surface area (Å²) in [5.74, 6) is -2.55. The molecule has 0 aliphatic heterocycles. The molecule has 2 N–H and O–H groups in total. The topological polar surface area (TPSA) is 75.4 Å². The summed E-state index contributed by atoms with van der Waals surface area (Å²) in [6, 6.07) is 4.68. The molecule has 2 aromatic carbocycles. The molecule has 1 unspecified atom stereocenters. The third kappa shape index (κ3) is 4.65. The van der Waals surface area contributed by atoms with E-state index in [4.69, 9.17) is 4.42 Å². The van der Waals surface area contributed by atoms with Crippen LogP contribution in [0.15, 0.2) is 53.3 Å². The van der Waals surface area contributed by atoms with Crippen LogP contribution < -0.4 is 5.32 Å². The van der Waals surface area contributed by atoms with Gasteiger partial charge in [-0.1, -0.05) is 0 Å². The molecule has 1 heterocycles. The number of rotatable bonds is 5. The van der Waals surface area contributed by atoms with Crippen molar-refractivity contribution >= 4 is 5.91 Å². The first-order chi connectivity index (χ1) is 14.1. The molecule has 0 saturated carbocycles. The second kappa shape index (κ2) is 8.23. The van der Waals surface area contributed by atoms with Crippen molar-refractivity contribution < 1.29 is 36.3 Å². The molecule has 1 aromatic heterocycles. The fourth-order valence-electron chi connectivity index (χ4n) is 2.80. The Kier molecular flexibility index (Phi) is 5.88. The molecule has 0 bridgehead atoms. The highest BCUT2D eigenvalue weighted by Gasteiger charge is 2.40. The van der Waals surface area contributed by atoms with E-state index in [9.17, 15) is 31.9 Å². The van der Waals surface area contributed by atoms with Gasteiger partial charge in [0.25, 0.3) is 5.91 Å². The molecule has 0 saturated heterocycles. The molecule has 5 nitrogen and oxygen atoms in total. The smallest absolute Gasteiger partial charge is 0.418 e. The molecule has 0 spiro atoms. The predicted octanol–water partition coefficient (Wildman–Crippen LogP) is 4.71. The monoisotopic (exact) mass is 426 g/mol. The average Bonchev–Trinajstić information content (AvgIpc) is 3.21. The molecule has 3 rings (SSSR count). The van der Waals surface area contributed by atoms with Crippen LogP contribution >= 0.6 is 0 Å². The molecule has 0 radical (unpaired) electrons. The molecule has 2 atom stereocenters. The van der Waals surface area contributed by atoms with Crippen molar-refractivity contribution in [3.63, 3.8) is 0 Å². The standard InChI is InChI=1S/C20H15F5N2O3/c1-10(19-26-4-5-30-19)27-18(29)13-7-11(15-3-2-14(21)9-16(15)22)6-12(8-13)17(28)20(23,24)25/h2-10,17,28H,1H3,(H,27,29)/t10-,17?/m1/s1. The Morgan fingerprint density at radius 3 is 2.50 bits per heavy atom. The van der Waals surface area contributed by atoms with E-state index in [1.54, 1.807) is 6.92 Å². The van der Waals surface area contributed by atoms with E-state index in [1.807, 2.05) is 0 Å². The number of oxazole rings is 1. The highest BCUT2D eigenvalue weighted by atomic mass is 19.4. The van der Waals surface area contributed by atoms with Gasteiger partial charge in [0, 0.05) is 17.2 Å². The number of hydrogen-bond acceptors (Lipinski definition) is 4. The Morgan fingerprint density at radius 2 is 1.90 bits per heavy atom. The number of carbonyl (C=O) groups excluding carboxylic acids is 1. The van der Waals surface area contributed by atoms with Crippen LogP contribution in [0.5, 0.6) is 0 Å². The van der Waals surface area contributed by atoms with Crippen molar-refractivity contribution in [2.24, 2.45) is 0 Å². The van der Waals surface area contributed by atoms with E-state index in [2.05, 4.69) is 10.3 Å². The van der Waals surface area contributed by atoms with Gasteiger partial charge < -0.3 is 14.8 Å². The summed E-state index contributed by atoms with van der Waals surface area (Å²) < 4.78 is 71.6. The third-order valence-electron chi connectivity index (χ3n) is 4.25. The first-order valence-corrected chi connectivity index (χ1v) is 8.61. The number of aliphatic hydroxyl groups is 1. The highest BCUT2D eigenvalue weighted by Crippen LogP contribution is 2.35. The summed E-state index contributed by atoms with van der Waals surface area (Å²) in [7, 11) is 0. The zero-order valence-corrected chi connectivity index (χ0v) is 15.4. The SMILES string of the molecule is C[C@@H](NC(=O)c1cc(-c2ccc(F)cc2F)cc(C(O)C(F)(F)F)c1)c1ncco1. The van der Waals surface area contributed by atoms with Crippen molar-refractivity contribution in [3.05, 3.63) is 77.5 Å². The van der Waals surface area contributed by atoms with Crippen molar-refractivity contribution in [2.75, 3.05) is 0 Å². The van der Waals surface area contributed by atoms with Crippen LogP contribution in [0.25, 0.3) is 11.1 Å². The molecule has 0 fully saturated rings. The van der Waals surface area contributed by atoms with Gasteiger partial charge in [-0.3, -0.25) is 4.79 Å². The highest BCUT2D eigenvalue weighted by molar-refractivity contribution is 5.96. The Balaban J connectivity index is 2.04. The Morgan fingerprint density at radius 1 is 1.17 bits per heavy atom. The van der Waals surface area contributed by atoms with Crippen LogP contribution in [0.2, 0.25) is 0 Å². The molecule has 1 amide bonds. The van der Waals surface area contributed by atoms with Crippen molar-refractivity contribution in [1.82, 2.24) is 10.3 Å². The molecule has 30 heavy (non-hydrogen) atoms. The number of alkyl halides is 3. The summed E-state index contributed by atoms with van der Waals surface area (Å²) in [4.78, 5) is 16.5. The molecular formula is C20H15F5N2O3. The van der Waals surface area contributed by atoms with Crippen LogP contribution in [0.1, 0.15) is 40.9 Å². The number of hydrogen-bond donors (Lipinski definition) is 2.